The first-order valence-corrected chi connectivity index (χ1v) is 8.07. The van der Waals surface area contributed by atoms with E-state index >= 15 is 0 Å². The van der Waals surface area contributed by atoms with Gasteiger partial charge in [0.25, 0.3) is 5.91 Å². The van der Waals surface area contributed by atoms with Gasteiger partial charge in [-0.05, 0) is 30.5 Å². The van der Waals surface area contributed by atoms with Crippen LogP contribution in [0.3, 0.4) is 0 Å². The summed E-state index contributed by atoms with van der Waals surface area (Å²) in [5, 5.41) is 2.88. The molecule has 3 rings (SSSR count). The second-order valence-corrected chi connectivity index (χ2v) is 5.70. The number of nitrogens with one attached hydrogen (secondary N) is 1. The van der Waals surface area contributed by atoms with Crippen molar-refractivity contribution in [2.75, 3.05) is 18.0 Å². The van der Waals surface area contributed by atoms with Gasteiger partial charge in [0.2, 0.25) is 0 Å². The summed E-state index contributed by atoms with van der Waals surface area (Å²) in [6.07, 6.45) is 9.78. The van der Waals surface area contributed by atoms with Crippen molar-refractivity contribution >= 4 is 11.7 Å². The Kier molecular flexibility index (Phi) is 5.13. The summed E-state index contributed by atoms with van der Waals surface area (Å²) in [6, 6.07) is 5.54. The number of rotatable bonds is 4. The molecule has 3 heterocycles. The molecule has 1 aliphatic heterocycles. The van der Waals surface area contributed by atoms with Crippen molar-refractivity contribution < 1.29 is 4.79 Å². The molecule has 6 nitrogen and oxygen atoms in total. The lowest BCUT2D eigenvalue weighted by Gasteiger charge is -2.21. The zero-order valence-electron chi connectivity index (χ0n) is 13.1. The van der Waals surface area contributed by atoms with E-state index in [-0.39, 0.29) is 5.91 Å². The molecule has 0 aromatic carbocycles. The maximum Gasteiger partial charge on any atom is 0.270 e. The second-order valence-electron chi connectivity index (χ2n) is 5.70. The summed E-state index contributed by atoms with van der Waals surface area (Å²) < 4.78 is 0. The minimum Gasteiger partial charge on any atom is -0.357 e. The van der Waals surface area contributed by atoms with Crippen LogP contribution in [0.25, 0.3) is 0 Å². The topological polar surface area (TPSA) is 71.0 Å². The molecule has 0 atom stereocenters. The summed E-state index contributed by atoms with van der Waals surface area (Å²) in [7, 11) is 0. The highest BCUT2D eigenvalue weighted by Crippen LogP contribution is 2.17. The summed E-state index contributed by atoms with van der Waals surface area (Å²) in [4.78, 5) is 26.9. The molecular weight excluding hydrogens is 290 g/mol. The lowest BCUT2D eigenvalue weighted by Crippen LogP contribution is -2.27. The lowest BCUT2D eigenvalue weighted by molar-refractivity contribution is 0.0945. The number of aromatic nitrogens is 3. The van der Waals surface area contributed by atoms with E-state index in [4.69, 9.17) is 0 Å². The number of carbonyl (C=O) groups excluding carboxylic acids is 1. The van der Waals surface area contributed by atoms with E-state index < -0.39 is 0 Å². The van der Waals surface area contributed by atoms with Crippen LogP contribution in [0.2, 0.25) is 0 Å². The minimum absolute atomic E-state index is 0.180. The van der Waals surface area contributed by atoms with Gasteiger partial charge >= 0.3 is 0 Å². The fourth-order valence-corrected chi connectivity index (χ4v) is 2.72. The molecule has 2 aromatic heterocycles. The Hall–Kier alpha value is -2.50. The van der Waals surface area contributed by atoms with Gasteiger partial charge in [0.1, 0.15) is 17.8 Å². The zero-order valence-corrected chi connectivity index (χ0v) is 13.1. The van der Waals surface area contributed by atoms with Crippen molar-refractivity contribution in [3.8, 4) is 0 Å². The first-order valence-electron chi connectivity index (χ1n) is 8.07. The predicted molar refractivity (Wildman–Crippen MR) is 88.1 cm³/mol. The van der Waals surface area contributed by atoms with E-state index in [2.05, 4.69) is 25.2 Å². The molecule has 0 bridgehead atoms. The molecule has 1 saturated heterocycles. The summed E-state index contributed by atoms with van der Waals surface area (Å²) in [5.41, 5.74) is 1.42. The number of hydrogen-bond donors (Lipinski definition) is 1. The van der Waals surface area contributed by atoms with Crippen LogP contribution >= 0.6 is 0 Å². The summed E-state index contributed by atoms with van der Waals surface area (Å²) >= 11 is 0. The maximum absolute atomic E-state index is 12.3. The Morgan fingerprint density at radius 1 is 1.09 bits per heavy atom. The van der Waals surface area contributed by atoms with Crippen molar-refractivity contribution in [2.24, 2.45) is 0 Å². The molecule has 120 valence electrons. The predicted octanol–water partition coefficient (Wildman–Crippen LogP) is 2.18. The minimum atomic E-state index is -0.180. The van der Waals surface area contributed by atoms with Crippen LogP contribution in [0.1, 0.15) is 41.7 Å². The van der Waals surface area contributed by atoms with Crippen LogP contribution in [0, 0.1) is 0 Å². The van der Waals surface area contributed by atoms with Gasteiger partial charge in [-0.15, -0.1) is 0 Å². The van der Waals surface area contributed by atoms with Crippen LogP contribution in [-0.2, 0) is 6.54 Å². The third kappa shape index (κ3) is 4.25. The highest BCUT2D eigenvalue weighted by Gasteiger charge is 2.14. The zero-order chi connectivity index (χ0) is 15.9. The van der Waals surface area contributed by atoms with Gasteiger partial charge in [0.05, 0.1) is 0 Å². The van der Waals surface area contributed by atoms with E-state index in [0.717, 1.165) is 24.5 Å². The number of carbonyl (C=O) groups is 1. The van der Waals surface area contributed by atoms with Gasteiger partial charge in [0, 0.05) is 38.1 Å². The Morgan fingerprint density at radius 2 is 1.83 bits per heavy atom. The second kappa shape index (κ2) is 7.67. The molecule has 6 heteroatoms. The number of hydrogen-bond acceptors (Lipinski definition) is 5. The van der Waals surface area contributed by atoms with Crippen molar-refractivity contribution in [2.45, 2.75) is 32.2 Å². The fourth-order valence-electron chi connectivity index (χ4n) is 2.72. The monoisotopic (exact) mass is 311 g/mol. The molecule has 1 fully saturated rings. The lowest BCUT2D eigenvalue weighted by atomic mass is 10.2. The number of pyridine rings is 1. The van der Waals surface area contributed by atoms with Gasteiger partial charge in [-0.2, -0.15) is 0 Å². The van der Waals surface area contributed by atoms with Crippen molar-refractivity contribution in [3.63, 3.8) is 0 Å². The Morgan fingerprint density at radius 3 is 2.57 bits per heavy atom. The molecule has 1 amide bonds. The molecule has 0 radical (unpaired) electrons. The van der Waals surface area contributed by atoms with Crippen LogP contribution in [0.4, 0.5) is 5.82 Å². The molecule has 0 saturated carbocycles. The van der Waals surface area contributed by atoms with Crippen LogP contribution in [0.15, 0.2) is 36.9 Å². The SMILES string of the molecule is O=C(NCc1ccncc1)c1cc(N2CCCCCC2)ncn1. The van der Waals surface area contributed by atoms with E-state index in [1.165, 1.54) is 32.0 Å². The highest BCUT2D eigenvalue weighted by atomic mass is 16.1. The number of amides is 1. The molecule has 1 aliphatic rings. The summed E-state index contributed by atoms with van der Waals surface area (Å²) in [5.74, 6) is 0.663. The Balaban J connectivity index is 1.65. The van der Waals surface area contributed by atoms with Gasteiger partial charge in [-0.3, -0.25) is 9.78 Å². The molecule has 23 heavy (non-hydrogen) atoms. The van der Waals surface area contributed by atoms with Gasteiger partial charge in [0.15, 0.2) is 0 Å². The first-order chi connectivity index (χ1) is 11.3. The molecule has 0 unspecified atom stereocenters. The Bertz CT molecular complexity index is 638. The standard InChI is InChI=1S/C17H21N5O/c23-17(19-12-14-5-7-18-8-6-14)15-11-16(21-13-20-15)22-9-3-1-2-4-10-22/h5-8,11,13H,1-4,9-10,12H2,(H,19,23). The average Bonchev–Trinajstić information content (AvgIpc) is 2.90. The smallest absolute Gasteiger partial charge is 0.270 e. The number of anilines is 1. The molecule has 0 aliphatic carbocycles. The van der Waals surface area contributed by atoms with E-state index in [9.17, 15) is 4.79 Å². The molecular formula is C17H21N5O. The maximum atomic E-state index is 12.3. The number of nitrogens with zero attached hydrogens (tertiary/aromatic N) is 4. The van der Waals surface area contributed by atoms with Gasteiger partial charge in [-0.1, -0.05) is 12.8 Å². The van der Waals surface area contributed by atoms with E-state index in [1.54, 1.807) is 18.5 Å². The largest absolute Gasteiger partial charge is 0.357 e. The third-order valence-electron chi connectivity index (χ3n) is 4.02. The molecule has 1 N–H and O–H groups in total. The van der Waals surface area contributed by atoms with Crippen LogP contribution in [0.5, 0.6) is 0 Å². The molecule has 2 aromatic rings. The first kappa shape index (κ1) is 15.4. The van der Waals surface area contributed by atoms with Crippen LogP contribution in [-0.4, -0.2) is 33.9 Å². The molecule has 0 spiro atoms. The van der Waals surface area contributed by atoms with Crippen LogP contribution < -0.4 is 10.2 Å². The van der Waals surface area contributed by atoms with Crippen molar-refractivity contribution in [3.05, 3.63) is 48.2 Å². The van der Waals surface area contributed by atoms with Gasteiger partial charge < -0.3 is 10.2 Å². The summed E-state index contributed by atoms with van der Waals surface area (Å²) in [6.45, 7) is 2.45. The van der Waals surface area contributed by atoms with E-state index in [0.29, 0.717) is 12.2 Å². The van der Waals surface area contributed by atoms with Crippen molar-refractivity contribution in [1.82, 2.24) is 20.3 Å². The van der Waals surface area contributed by atoms with Crippen molar-refractivity contribution in [1.29, 1.82) is 0 Å². The highest BCUT2D eigenvalue weighted by molar-refractivity contribution is 5.92. The average molecular weight is 311 g/mol. The quantitative estimate of drug-likeness (QED) is 0.937. The Labute approximate surface area is 136 Å². The fraction of sp³-hybridized carbons (Fsp3) is 0.412. The normalized spacial score (nSPS) is 15.0. The van der Waals surface area contributed by atoms with E-state index in [1.807, 2.05) is 12.1 Å². The third-order valence-corrected chi connectivity index (χ3v) is 4.02. The van der Waals surface area contributed by atoms with Gasteiger partial charge in [-0.25, -0.2) is 9.97 Å².